The summed E-state index contributed by atoms with van der Waals surface area (Å²) in [6, 6.07) is 0. The van der Waals surface area contributed by atoms with Crippen LogP contribution < -0.4 is 5.46 Å². The van der Waals surface area contributed by atoms with Gasteiger partial charge < -0.3 is 4.74 Å². The Labute approximate surface area is 82.5 Å². The van der Waals surface area contributed by atoms with Crippen LogP contribution in [-0.2, 0) is 4.74 Å². The fraction of sp³-hybridized carbons (Fsp3) is 0.250. The molecule has 0 saturated heterocycles. The fourth-order valence-electron chi connectivity index (χ4n) is 0.869. The van der Waals surface area contributed by atoms with Crippen LogP contribution in [0.1, 0.15) is 17.3 Å². The summed E-state index contributed by atoms with van der Waals surface area (Å²) in [5, 5.41) is 0.207. The van der Waals surface area contributed by atoms with Gasteiger partial charge in [0.05, 0.1) is 17.2 Å². The smallest absolute Gasteiger partial charge is 0.339 e. The molecule has 0 spiro atoms. The quantitative estimate of drug-likeness (QED) is 0.515. The number of halogens is 1. The molecule has 0 fully saturated rings. The highest BCUT2D eigenvalue weighted by molar-refractivity contribution is 6.41. The number of ether oxygens (including phenoxy) is 1. The zero-order valence-electron chi connectivity index (χ0n) is 7.08. The van der Waals surface area contributed by atoms with E-state index in [0.717, 1.165) is 0 Å². The molecule has 0 saturated carbocycles. The average Bonchev–Trinajstić information content (AvgIpc) is 2.04. The maximum atomic E-state index is 11.3. The molecular weight excluding hydrogens is 188 g/mol. The fourth-order valence-corrected chi connectivity index (χ4v) is 1.11. The Hall–Kier alpha value is -1.03. The monoisotopic (exact) mass is 195 g/mol. The Bertz CT molecular complexity index is 310. The van der Waals surface area contributed by atoms with Gasteiger partial charge in [-0.1, -0.05) is 17.1 Å². The van der Waals surface area contributed by atoms with Crippen LogP contribution in [0, 0.1) is 0 Å². The number of aromatic nitrogens is 1. The minimum Gasteiger partial charge on any atom is -0.462 e. The molecule has 66 valence electrons. The summed E-state index contributed by atoms with van der Waals surface area (Å²) in [7, 11) is 5.50. The summed E-state index contributed by atoms with van der Waals surface area (Å²) in [5.74, 6) is -0.521. The molecule has 0 aliphatic heterocycles. The van der Waals surface area contributed by atoms with E-state index in [2.05, 4.69) is 4.98 Å². The lowest BCUT2D eigenvalue weighted by Gasteiger charge is -2.06. The average molecular weight is 195 g/mol. The van der Waals surface area contributed by atoms with E-state index in [1.54, 1.807) is 6.92 Å². The molecule has 0 atom stereocenters. The molecule has 1 aromatic rings. The lowest BCUT2D eigenvalue weighted by atomic mass is 9.93. The first kappa shape index (κ1) is 10.1. The second-order valence-corrected chi connectivity index (χ2v) is 2.71. The van der Waals surface area contributed by atoms with Crippen LogP contribution in [0.15, 0.2) is 12.4 Å². The molecular formula is C8H7BClNO2. The van der Waals surface area contributed by atoms with E-state index in [1.807, 2.05) is 0 Å². The zero-order valence-corrected chi connectivity index (χ0v) is 7.84. The Morgan fingerprint density at radius 1 is 1.69 bits per heavy atom. The third-order valence-corrected chi connectivity index (χ3v) is 1.70. The Balaban J connectivity index is 3.05. The molecule has 0 aromatic carbocycles. The maximum Gasteiger partial charge on any atom is 0.339 e. The predicted molar refractivity (Wildman–Crippen MR) is 50.6 cm³/mol. The first-order chi connectivity index (χ1) is 6.16. The van der Waals surface area contributed by atoms with E-state index in [9.17, 15) is 4.79 Å². The van der Waals surface area contributed by atoms with Gasteiger partial charge in [0.1, 0.15) is 7.85 Å². The third kappa shape index (κ3) is 2.22. The highest BCUT2D eigenvalue weighted by Gasteiger charge is 2.13. The number of pyridine rings is 1. The van der Waals surface area contributed by atoms with E-state index >= 15 is 0 Å². The van der Waals surface area contributed by atoms with Crippen molar-refractivity contribution in [3.05, 3.63) is 23.0 Å². The van der Waals surface area contributed by atoms with Crippen molar-refractivity contribution < 1.29 is 9.53 Å². The topological polar surface area (TPSA) is 39.2 Å². The van der Waals surface area contributed by atoms with Crippen molar-refractivity contribution in [2.45, 2.75) is 6.92 Å². The molecule has 13 heavy (non-hydrogen) atoms. The molecule has 0 aliphatic carbocycles. The van der Waals surface area contributed by atoms with Crippen molar-refractivity contribution in [2.24, 2.45) is 0 Å². The molecule has 0 unspecified atom stereocenters. The van der Waals surface area contributed by atoms with Gasteiger partial charge in [0.25, 0.3) is 0 Å². The summed E-state index contributed by atoms with van der Waals surface area (Å²) in [6.45, 7) is 2.00. The van der Waals surface area contributed by atoms with Gasteiger partial charge in [-0.15, -0.1) is 0 Å². The highest BCUT2D eigenvalue weighted by atomic mass is 35.5. The molecule has 0 bridgehead atoms. The normalized spacial score (nSPS) is 9.69. The van der Waals surface area contributed by atoms with Gasteiger partial charge in [0, 0.05) is 12.4 Å². The summed E-state index contributed by atoms with van der Waals surface area (Å²) in [4.78, 5) is 15.0. The van der Waals surface area contributed by atoms with Crippen molar-refractivity contribution >= 4 is 30.9 Å². The van der Waals surface area contributed by atoms with E-state index < -0.39 is 5.97 Å². The van der Waals surface area contributed by atoms with Gasteiger partial charge in [-0.25, -0.2) is 4.79 Å². The zero-order chi connectivity index (χ0) is 9.84. The predicted octanol–water partition coefficient (Wildman–Crippen LogP) is 0.706. The minimum absolute atomic E-state index is 0.179. The van der Waals surface area contributed by atoms with Crippen LogP contribution in [0.2, 0.25) is 5.02 Å². The van der Waals surface area contributed by atoms with Crippen LogP contribution in [0.3, 0.4) is 0 Å². The first-order valence-corrected chi connectivity index (χ1v) is 4.10. The van der Waals surface area contributed by atoms with Gasteiger partial charge in [0.2, 0.25) is 0 Å². The second kappa shape index (κ2) is 4.28. The van der Waals surface area contributed by atoms with Gasteiger partial charge >= 0.3 is 5.97 Å². The molecule has 5 heteroatoms. The number of nitrogens with zero attached hydrogens (tertiary/aromatic N) is 1. The summed E-state index contributed by atoms with van der Waals surface area (Å²) in [5.41, 5.74) is 0.407. The third-order valence-electron chi connectivity index (χ3n) is 1.41. The lowest BCUT2D eigenvalue weighted by Crippen LogP contribution is -2.19. The number of carbonyl (C=O) groups is 1. The van der Waals surface area contributed by atoms with Gasteiger partial charge in [-0.05, 0) is 6.92 Å². The molecule has 3 nitrogen and oxygen atoms in total. The van der Waals surface area contributed by atoms with E-state index in [4.69, 9.17) is 24.2 Å². The molecule has 0 N–H and O–H groups in total. The van der Waals surface area contributed by atoms with Gasteiger partial charge in [0.15, 0.2) is 0 Å². The van der Waals surface area contributed by atoms with Gasteiger partial charge in [-0.3, -0.25) is 4.98 Å². The van der Waals surface area contributed by atoms with E-state index in [-0.39, 0.29) is 22.7 Å². The van der Waals surface area contributed by atoms with Crippen molar-refractivity contribution in [3.8, 4) is 0 Å². The molecule has 2 radical (unpaired) electrons. The van der Waals surface area contributed by atoms with Crippen LogP contribution in [0.5, 0.6) is 0 Å². The Morgan fingerprint density at radius 2 is 2.38 bits per heavy atom. The van der Waals surface area contributed by atoms with Crippen molar-refractivity contribution in [2.75, 3.05) is 6.61 Å². The summed E-state index contributed by atoms with van der Waals surface area (Å²) in [6.07, 6.45) is 2.71. The van der Waals surface area contributed by atoms with Crippen LogP contribution in [-0.4, -0.2) is 25.4 Å². The second-order valence-electron chi connectivity index (χ2n) is 2.31. The SMILES string of the molecule is [B]c1cncc(Cl)c1C(=O)OCC. The number of carbonyl (C=O) groups excluding carboxylic acids is 1. The van der Waals surface area contributed by atoms with Crippen molar-refractivity contribution in [3.63, 3.8) is 0 Å². The number of esters is 1. The van der Waals surface area contributed by atoms with Crippen molar-refractivity contribution in [1.82, 2.24) is 4.98 Å². The molecule has 0 aliphatic rings. The molecule has 1 heterocycles. The Kier molecular flexibility index (Phi) is 3.31. The minimum atomic E-state index is -0.521. The number of hydrogen-bond acceptors (Lipinski definition) is 3. The first-order valence-electron chi connectivity index (χ1n) is 3.73. The van der Waals surface area contributed by atoms with Gasteiger partial charge in [-0.2, -0.15) is 0 Å². The van der Waals surface area contributed by atoms with E-state index in [0.29, 0.717) is 0 Å². The summed E-state index contributed by atoms with van der Waals surface area (Å²) >= 11 is 5.72. The Morgan fingerprint density at radius 3 is 2.92 bits per heavy atom. The molecule has 1 aromatic heterocycles. The molecule has 1 rings (SSSR count). The largest absolute Gasteiger partial charge is 0.462 e. The lowest BCUT2D eigenvalue weighted by molar-refractivity contribution is 0.0528. The maximum absolute atomic E-state index is 11.3. The van der Waals surface area contributed by atoms with Crippen molar-refractivity contribution in [1.29, 1.82) is 0 Å². The molecule has 0 amide bonds. The van der Waals surface area contributed by atoms with E-state index in [1.165, 1.54) is 12.4 Å². The van der Waals surface area contributed by atoms with Crippen LogP contribution in [0.25, 0.3) is 0 Å². The van der Waals surface area contributed by atoms with Crippen LogP contribution >= 0.6 is 11.6 Å². The number of hydrogen-bond donors (Lipinski definition) is 0. The summed E-state index contributed by atoms with van der Waals surface area (Å²) < 4.78 is 4.76. The highest BCUT2D eigenvalue weighted by Crippen LogP contribution is 2.12. The standard InChI is InChI=1S/C8H7BClNO2/c1-2-13-8(12)7-5(9)3-11-4-6(7)10/h3-4H,2H2,1H3. The number of rotatable bonds is 2. The van der Waals surface area contributed by atoms with Crippen LogP contribution in [0.4, 0.5) is 0 Å².